The SMILES string of the molecule is COc1ccc(CC(NN)c2cccc(F)c2)cn1. The van der Waals surface area contributed by atoms with Crippen LogP contribution in [-0.4, -0.2) is 12.1 Å². The van der Waals surface area contributed by atoms with Crippen LogP contribution in [0.4, 0.5) is 4.39 Å². The molecule has 0 aliphatic carbocycles. The second kappa shape index (κ2) is 6.26. The van der Waals surface area contributed by atoms with Crippen molar-refractivity contribution >= 4 is 0 Å². The summed E-state index contributed by atoms with van der Waals surface area (Å²) < 4.78 is 18.2. The molecule has 1 heterocycles. The summed E-state index contributed by atoms with van der Waals surface area (Å²) in [5.41, 5.74) is 4.49. The summed E-state index contributed by atoms with van der Waals surface area (Å²) in [6, 6.07) is 9.93. The van der Waals surface area contributed by atoms with Crippen LogP contribution < -0.4 is 16.0 Å². The van der Waals surface area contributed by atoms with Crippen molar-refractivity contribution in [2.75, 3.05) is 7.11 Å². The van der Waals surface area contributed by atoms with Gasteiger partial charge in [0.2, 0.25) is 5.88 Å². The highest BCUT2D eigenvalue weighted by molar-refractivity contribution is 5.24. The van der Waals surface area contributed by atoms with Crippen LogP contribution in [0.15, 0.2) is 42.6 Å². The smallest absolute Gasteiger partial charge is 0.212 e. The Morgan fingerprint density at radius 3 is 2.79 bits per heavy atom. The van der Waals surface area contributed by atoms with Crippen molar-refractivity contribution in [2.45, 2.75) is 12.5 Å². The van der Waals surface area contributed by atoms with Crippen molar-refractivity contribution in [1.82, 2.24) is 10.4 Å². The molecule has 2 aromatic rings. The van der Waals surface area contributed by atoms with E-state index in [2.05, 4.69) is 10.4 Å². The number of rotatable bonds is 5. The molecule has 0 fully saturated rings. The van der Waals surface area contributed by atoms with Gasteiger partial charge in [0.1, 0.15) is 5.82 Å². The molecule has 0 saturated carbocycles. The Kier molecular flexibility index (Phi) is 4.43. The molecule has 0 saturated heterocycles. The standard InChI is InChI=1S/C14H16FN3O/c1-19-14-6-5-10(9-17-14)7-13(18-16)11-3-2-4-12(15)8-11/h2-6,8-9,13,18H,7,16H2,1H3. The maximum atomic E-state index is 13.2. The van der Waals surface area contributed by atoms with E-state index >= 15 is 0 Å². The van der Waals surface area contributed by atoms with Crippen molar-refractivity contribution in [1.29, 1.82) is 0 Å². The molecule has 4 nitrogen and oxygen atoms in total. The van der Waals surface area contributed by atoms with Gasteiger partial charge in [-0.1, -0.05) is 18.2 Å². The fraction of sp³-hybridized carbons (Fsp3) is 0.214. The molecule has 5 heteroatoms. The van der Waals surface area contributed by atoms with Gasteiger partial charge in [-0.15, -0.1) is 0 Å². The van der Waals surface area contributed by atoms with Crippen molar-refractivity contribution < 1.29 is 9.13 Å². The first kappa shape index (κ1) is 13.5. The fourth-order valence-electron chi connectivity index (χ4n) is 1.88. The maximum absolute atomic E-state index is 13.2. The third-order valence-electron chi connectivity index (χ3n) is 2.90. The molecule has 0 spiro atoms. The van der Waals surface area contributed by atoms with Crippen molar-refractivity contribution in [3.8, 4) is 5.88 Å². The summed E-state index contributed by atoms with van der Waals surface area (Å²) in [6.45, 7) is 0. The van der Waals surface area contributed by atoms with E-state index in [1.165, 1.54) is 12.1 Å². The molecule has 3 N–H and O–H groups in total. The average Bonchev–Trinajstić information content (AvgIpc) is 2.45. The first-order valence-electron chi connectivity index (χ1n) is 5.93. The van der Waals surface area contributed by atoms with Gasteiger partial charge in [-0.3, -0.25) is 11.3 Å². The number of hydrazine groups is 1. The van der Waals surface area contributed by atoms with E-state index in [0.717, 1.165) is 11.1 Å². The molecular formula is C14H16FN3O. The van der Waals surface area contributed by atoms with Crippen LogP contribution in [0.25, 0.3) is 0 Å². The Bertz CT molecular complexity index is 530. The Morgan fingerprint density at radius 2 is 2.21 bits per heavy atom. The van der Waals surface area contributed by atoms with Crippen LogP contribution in [-0.2, 0) is 6.42 Å². The van der Waals surface area contributed by atoms with Crippen LogP contribution in [0, 0.1) is 5.82 Å². The number of aromatic nitrogens is 1. The zero-order chi connectivity index (χ0) is 13.7. The van der Waals surface area contributed by atoms with Gasteiger partial charge in [-0.05, 0) is 29.7 Å². The predicted molar refractivity (Wildman–Crippen MR) is 71.0 cm³/mol. The number of nitrogens with one attached hydrogen (secondary N) is 1. The minimum absolute atomic E-state index is 0.161. The number of hydrogen-bond donors (Lipinski definition) is 2. The van der Waals surface area contributed by atoms with Crippen molar-refractivity contribution in [2.24, 2.45) is 5.84 Å². The predicted octanol–water partition coefficient (Wildman–Crippen LogP) is 1.98. The Balaban J connectivity index is 2.14. The van der Waals surface area contributed by atoms with Crippen LogP contribution >= 0.6 is 0 Å². The lowest BCUT2D eigenvalue weighted by molar-refractivity contribution is 0.397. The van der Waals surface area contributed by atoms with Crippen LogP contribution in [0.1, 0.15) is 17.2 Å². The molecule has 0 bridgehead atoms. The second-order valence-corrected chi connectivity index (χ2v) is 4.19. The molecule has 1 atom stereocenters. The maximum Gasteiger partial charge on any atom is 0.212 e. The van der Waals surface area contributed by atoms with Gasteiger partial charge in [0.15, 0.2) is 0 Å². The molecule has 1 aromatic heterocycles. The van der Waals surface area contributed by atoms with Crippen LogP contribution in [0.2, 0.25) is 0 Å². The molecule has 0 radical (unpaired) electrons. The molecule has 2 rings (SSSR count). The summed E-state index contributed by atoms with van der Waals surface area (Å²) in [6.07, 6.45) is 2.35. The van der Waals surface area contributed by atoms with Gasteiger partial charge < -0.3 is 4.74 Å². The zero-order valence-corrected chi connectivity index (χ0v) is 10.6. The van der Waals surface area contributed by atoms with Gasteiger partial charge in [0.05, 0.1) is 13.2 Å². The summed E-state index contributed by atoms with van der Waals surface area (Å²) in [4.78, 5) is 4.13. The lowest BCUT2D eigenvalue weighted by Gasteiger charge is -2.16. The highest BCUT2D eigenvalue weighted by Crippen LogP contribution is 2.19. The number of benzene rings is 1. The second-order valence-electron chi connectivity index (χ2n) is 4.19. The van der Waals surface area contributed by atoms with Gasteiger partial charge >= 0.3 is 0 Å². The first-order valence-corrected chi connectivity index (χ1v) is 5.93. The fourth-order valence-corrected chi connectivity index (χ4v) is 1.88. The average molecular weight is 261 g/mol. The van der Waals surface area contributed by atoms with Crippen LogP contribution in [0.3, 0.4) is 0 Å². The Morgan fingerprint density at radius 1 is 1.37 bits per heavy atom. The van der Waals surface area contributed by atoms with Gasteiger partial charge in [-0.25, -0.2) is 9.37 Å². The van der Waals surface area contributed by atoms with E-state index in [-0.39, 0.29) is 11.9 Å². The van der Waals surface area contributed by atoms with E-state index in [1.54, 1.807) is 25.4 Å². The van der Waals surface area contributed by atoms with Crippen molar-refractivity contribution in [3.05, 3.63) is 59.5 Å². The summed E-state index contributed by atoms with van der Waals surface area (Å²) in [5.74, 6) is 5.83. The van der Waals surface area contributed by atoms with Gasteiger partial charge in [0, 0.05) is 12.3 Å². The van der Waals surface area contributed by atoms with Gasteiger partial charge in [-0.2, -0.15) is 0 Å². The zero-order valence-electron chi connectivity index (χ0n) is 10.6. The monoisotopic (exact) mass is 261 g/mol. The number of nitrogens with zero attached hydrogens (tertiary/aromatic N) is 1. The number of hydrogen-bond acceptors (Lipinski definition) is 4. The van der Waals surface area contributed by atoms with E-state index in [4.69, 9.17) is 10.6 Å². The van der Waals surface area contributed by atoms with E-state index in [1.807, 2.05) is 12.1 Å². The van der Waals surface area contributed by atoms with E-state index in [0.29, 0.717) is 12.3 Å². The molecule has 100 valence electrons. The Hall–Kier alpha value is -1.98. The summed E-state index contributed by atoms with van der Waals surface area (Å²) >= 11 is 0. The first-order chi connectivity index (χ1) is 9.22. The molecular weight excluding hydrogens is 245 g/mol. The largest absolute Gasteiger partial charge is 0.481 e. The summed E-state index contributed by atoms with van der Waals surface area (Å²) in [5, 5.41) is 0. The number of pyridine rings is 1. The lowest BCUT2D eigenvalue weighted by atomic mass is 10.0. The molecule has 1 unspecified atom stereocenters. The van der Waals surface area contributed by atoms with E-state index < -0.39 is 0 Å². The number of ether oxygens (including phenoxy) is 1. The van der Waals surface area contributed by atoms with Crippen molar-refractivity contribution in [3.63, 3.8) is 0 Å². The quantitative estimate of drug-likeness (QED) is 0.638. The third kappa shape index (κ3) is 3.49. The molecule has 19 heavy (non-hydrogen) atoms. The third-order valence-corrected chi connectivity index (χ3v) is 2.90. The summed E-state index contributed by atoms with van der Waals surface area (Å²) in [7, 11) is 1.57. The molecule has 0 aliphatic heterocycles. The van der Waals surface area contributed by atoms with Gasteiger partial charge in [0.25, 0.3) is 0 Å². The number of methoxy groups -OCH3 is 1. The van der Waals surface area contributed by atoms with E-state index in [9.17, 15) is 4.39 Å². The van der Waals surface area contributed by atoms with Crippen LogP contribution in [0.5, 0.6) is 5.88 Å². The highest BCUT2D eigenvalue weighted by Gasteiger charge is 2.11. The topological polar surface area (TPSA) is 60.2 Å². The highest BCUT2D eigenvalue weighted by atomic mass is 19.1. The number of halogens is 1. The molecule has 0 amide bonds. The molecule has 0 aliphatic rings. The molecule has 1 aromatic carbocycles. The minimum atomic E-state index is -0.273. The lowest BCUT2D eigenvalue weighted by Crippen LogP contribution is -2.29. The minimum Gasteiger partial charge on any atom is -0.481 e. The normalized spacial score (nSPS) is 12.2. The Labute approximate surface area is 111 Å². The number of nitrogens with two attached hydrogens (primary N) is 1.